The van der Waals surface area contributed by atoms with Gasteiger partial charge >= 0.3 is 0 Å². The smallest absolute Gasteiger partial charge is 0.199 e. The van der Waals surface area contributed by atoms with Gasteiger partial charge in [0.25, 0.3) is 0 Å². The molecule has 11 heterocycles. The normalized spacial score (nSPS) is 11.7. The molecule has 0 aliphatic rings. The summed E-state index contributed by atoms with van der Waals surface area (Å²) in [6.07, 6.45) is 36.1. The lowest BCUT2D eigenvalue weighted by Gasteiger charge is -2.18. The molecule has 0 bridgehead atoms. The first-order chi connectivity index (χ1) is 51.8. The molecule has 12 rings (SSSR count). The van der Waals surface area contributed by atoms with Crippen molar-refractivity contribution in [2.24, 2.45) is 0 Å². The van der Waals surface area contributed by atoms with Crippen molar-refractivity contribution in [2.45, 2.75) is 314 Å². The molecule has 113 heavy (non-hydrogen) atoms. The van der Waals surface area contributed by atoms with Crippen molar-refractivity contribution in [3.63, 3.8) is 0 Å². The van der Waals surface area contributed by atoms with Crippen molar-refractivity contribution in [3.05, 3.63) is 272 Å². The number of aromatic amines is 2. The minimum Gasteiger partial charge on any atom is -0.451 e. The number of hydrogen-bond donors (Lipinski definition) is 2. The van der Waals surface area contributed by atoms with E-state index in [1.54, 1.807) is 62.3 Å². The lowest BCUT2D eigenvalue weighted by Crippen LogP contribution is -2.12. The molecule has 0 radical (unpaired) electrons. The van der Waals surface area contributed by atoms with Crippen LogP contribution in [0.3, 0.4) is 0 Å². The first-order valence-corrected chi connectivity index (χ1v) is 38.6. The molecule has 12 aromatic rings. The van der Waals surface area contributed by atoms with Gasteiger partial charge in [0.1, 0.15) is 36.6 Å². The van der Waals surface area contributed by atoms with E-state index in [2.05, 4.69) is 379 Å². The molecule has 20 heteroatoms. The number of hydrogen-bond acceptors (Lipinski definition) is 18. The molecular weight excluding hydrogens is 1410 g/mol. The highest BCUT2D eigenvalue weighted by molar-refractivity contribution is 5.23. The molecule has 0 atom stereocenters. The molecule has 0 amide bonds. The Labute approximate surface area is 680 Å². The Morgan fingerprint density at radius 3 is 0.920 bits per heavy atom. The van der Waals surface area contributed by atoms with Crippen molar-refractivity contribution in [2.75, 3.05) is 0 Å². The fraction of sp³-hybridized carbons (Fsp3) is 0.516. The molecule has 0 saturated carbocycles. The van der Waals surface area contributed by atoms with Gasteiger partial charge in [-0.05, 0) is 85.2 Å². The van der Waals surface area contributed by atoms with Gasteiger partial charge in [0.05, 0.1) is 48.6 Å². The number of nitrogens with one attached hydrogen (secondary N) is 2. The van der Waals surface area contributed by atoms with Gasteiger partial charge in [-0.15, -0.1) is 0 Å². The van der Waals surface area contributed by atoms with Crippen LogP contribution >= 0.6 is 0 Å². The van der Waals surface area contributed by atoms with Crippen molar-refractivity contribution in [3.8, 4) is 0 Å². The summed E-state index contributed by atoms with van der Waals surface area (Å²) in [5, 5.41) is 16.9. The maximum absolute atomic E-state index is 5.09. The van der Waals surface area contributed by atoms with E-state index in [1.807, 2.05) is 67.8 Å². The number of benzene rings is 1. The average Bonchev–Trinajstić information content (AvgIpc) is 1.75. The summed E-state index contributed by atoms with van der Waals surface area (Å²) < 4.78 is 25.2. The van der Waals surface area contributed by atoms with Crippen LogP contribution in [0.1, 0.15) is 317 Å². The highest BCUT2D eigenvalue weighted by Gasteiger charge is 2.23. The van der Waals surface area contributed by atoms with E-state index >= 15 is 0 Å². The molecule has 620 valence electrons. The zero-order valence-corrected chi connectivity index (χ0v) is 75.9. The van der Waals surface area contributed by atoms with Gasteiger partial charge < -0.3 is 22.1 Å². The van der Waals surface area contributed by atoms with Gasteiger partial charge in [0.15, 0.2) is 31.0 Å². The summed E-state index contributed by atoms with van der Waals surface area (Å²) in [6.45, 7) is 76.8. The predicted octanol–water partition coefficient (Wildman–Crippen LogP) is 24.6. The second-order valence-electron chi connectivity index (χ2n) is 39.3. The fourth-order valence-electron chi connectivity index (χ4n) is 8.26. The van der Waals surface area contributed by atoms with Crippen molar-refractivity contribution < 1.29 is 22.1 Å². The summed E-state index contributed by atoms with van der Waals surface area (Å²) >= 11 is 0. The van der Waals surface area contributed by atoms with E-state index in [0.717, 1.165) is 40.4 Å². The topological polar surface area (TPSA) is 265 Å². The number of pyridine rings is 3. The van der Waals surface area contributed by atoms with Gasteiger partial charge in [-0.1, -0.05) is 292 Å². The Balaban J connectivity index is 0.000000617. The first kappa shape index (κ1) is 101. The zero-order chi connectivity index (χ0) is 86.4. The van der Waals surface area contributed by atoms with Gasteiger partial charge in [0.2, 0.25) is 0 Å². The van der Waals surface area contributed by atoms with Crippen molar-refractivity contribution in [1.29, 1.82) is 0 Å². The second kappa shape index (κ2) is 45.7. The summed E-state index contributed by atoms with van der Waals surface area (Å²) in [5.74, 6) is 3.45. The number of aromatic nitrogens is 15. The van der Waals surface area contributed by atoms with E-state index in [9.17, 15) is 0 Å². The number of nitrogens with zero attached hydrogens (tertiary/aromatic N) is 13. The van der Waals surface area contributed by atoms with Crippen LogP contribution in [0.5, 0.6) is 0 Å². The maximum atomic E-state index is 5.09. The number of oxazole rings is 5. The predicted molar refractivity (Wildman–Crippen MR) is 463 cm³/mol. The largest absolute Gasteiger partial charge is 0.451 e. The van der Waals surface area contributed by atoms with Crippen molar-refractivity contribution >= 4 is 0 Å². The molecule has 11 aromatic heterocycles. The van der Waals surface area contributed by atoms with E-state index in [1.165, 1.54) is 47.0 Å². The molecule has 20 nitrogen and oxygen atoms in total. The molecule has 1 aromatic carbocycles. The SMILES string of the molecule is CC(C)(C)c1ccccc1.CC(C)(C)c1ccccn1.CC(C)(C)c1cccnc1.CC(C)(C)c1ccncc1.CC(C)(C)c1cn[nH]c1.CC(C)(C)c1cn[nH]n1.CC(C)(C)c1cncnc1.CC(C)(C)c1cnco1.CC(C)(C)c1cnco1.CC(C)(C)c1cocn1.CC(C)(C)c1ncco1.CC(C)(C)c1ncco1. The van der Waals surface area contributed by atoms with Crippen LogP contribution in [-0.4, -0.2) is 75.4 Å². The van der Waals surface area contributed by atoms with Gasteiger partial charge in [-0.2, -0.15) is 20.5 Å². The molecule has 0 unspecified atom stereocenters. The van der Waals surface area contributed by atoms with Gasteiger partial charge in [0, 0.05) is 93.2 Å². The lowest BCUT2D eigenvalue weighted by atomic mass is 9.87. The van der Waals surface area contributed by atoms with Crippen LogP contribution in [0.4, 0.5) is 0 Å². The van der Waals surface area contributed by atoms with Crippen LogP contribution in [0.2, 0.25) is 0 Å². The third-order valence-corrected chi connectivity index (χ3v) is 15.8. The summed E-state index contributed by atoms with van der Waals surface area (Å²) in [6, 6.07) is 24.8. The fourth-order valence-corrected chi connectivity index (χ4v) is 8.26. The second-order valence-corrected chi connectivity index (χ2v) is 39.3. The van der Waals surface area contributed by atoms with Crippen LogP contribution in [0.15, 0.2) is 226 Å². The molecule has 0 spiro atoms. The summed E-state index contributed by atoms with van der Waals surface area (Å²) in [5.41, 5.74) is 11.5. The minimum atomic E-state index is 0.0451. The Kier molecular flexibility index (Phi) is 41.0. The summed E-state index contributed by atoms with van der Waals surface area (Å²) in [4.78, 5) is 39.8. The van der Waals surface area contributed by atoms with Crippen LogP contribution in [0.25, 0.3) is 0 Å². The highest BCUT2D eigenvalue weighted by Crippen LogP contribution is 2.27. The quantitative estimate of drug-likeness (QED) is 0.143. The first-order valence-electron chi connectivity index (χ1n) is 38.6. The van der Waals surface area contributed by atoms with E-state index in [-0.39, 0.29) is 59.6 Å². The Bertz CT molecular complexity index is 3460. The number of rotatable bonds is 0. The molecule has 0 aliphatic carbocycles. The minimum absolute atomic E-state index is 0.0451. The Hall–Kier alpha value is -9.85. The van der Waals surface area contributed by atoms with E-state index < -0.39 is 0 Å². The van der Waals surface area contributed by atoms with E-state index in [4.69, 9.17) is 22.1 Å². The van der Waals surface area contributed by atoms with Gasteiger partial charge in [-0.25, -0.2) is 34.9 Å². The highest BCUT2D eigenvalue weighted by atomic mass is 16.4. The maximum Gasteiger partial charge on any atom is 0.199 e. The lowest BCUT2D eigenvalue weighted by molar-refractivity contribution is 0.392. The standard InChI is InChI=1S/C10H14.3C9H13N.C8H12N2.C7H12N2.5C7H11NO.C6H11N3/c1-10(2,3)9-7-5-4-6-8-9;1-9(2,3)8-4-6-10-7-5-8;1-9(2,3)8-5-4-6-10-7-8;1-9(2,3)8-6-4-5-7-10-8;1-8(2,3)7-4-9-6-10-5-7;1-7(2,3)6-4-8-9-5-6;1-7(2,3)6-4-9-5-8-6;2*1-7(2,3)6-4-8-5-9-6;2*1-7(2,3)6-8-4-5-9-6;1-6(2,3)5-4-7-9-8-5/h4-8H,1-3H3;3*4-7H,1-3H3;4-6H,1-3H3;4-5H,1-3H3,(H,8,9);5*4-5H,1-3H3;4H,1-3H3,(H,7,8,9). The van der Waals surface area contributed by atoms with E-state index in [0.29, 0.717) is 5.41 Å². The molecule has 0 saturated heterocycles. The molecule has 0 fully saturated rings. The third kappa shape index (κ3) is 44.8. The van der Waals surface area contributed by atoms with Crippen LogP contribution in [-0.2, 0) is 65.0 Å². The van der Waals surface area contributed by atoms with Gasteiger partial charge in [-0.3, -0.25) is 20.1 Å². The Morgan fingerprint density at radius 1 is 0.265 bits per heavy atom. The third-order valence-electron chi connectivity index (χ3n) is 15.8. The molecular formula is C93H143N15O5. The monoisotopic (exact) mass is 1550 g/mol. The van der Waals surface area contributed by atoms with Crippen LogP contribution < -0.4 is 0 Å². The van der Waals surface area contributed by atoms with Crippen molar-refractivity contribution in [1.82, 2.24) is 75.4 Å². The zero-order valence-electron chi connectivity index (χ0n) is 75.9. The molecule has 0 aliphatic heterocycles. The average molecular weight is 1550 g/mol. The molecule has 2 N–H and O–H groups in total. The van der Waals surface area contributed by atoms with Crippen LogP contribution in [0, 0.1) is 0 Å². The summed E-state index contributed by atoms with van der Waals surface area (Å²) in [7, 11) is 0. The Morgan fingerprint density at radius 2 is 0.699 bits per heavy atom. The number of H-pyrrole nitrogens is 2.